The van der Waals surface area contributed by atoms with Crippen LogP contribution in [0.2, 0.25) is 0 Å². The van der Waals surface area contributed by atoms with Crippen molar-refractivity contribution in [1.29, 1.82) is 0 Å². The molecule has 1 fully saturated rings. The first kappa shape index (κ1) is 16.6. The lowest BCUT2D eigenvalue weighted by molar-refractivity contribution is -0.129. The second kappa shape index (κ2) is 7.10. The minimum atomic E-state index is -0.752. The van der Waals surface area contributed by atoms with Crippen molar-refractivity contribution >= 4 is 45.3 Å². The van der Waals surface area contributed by atoms with Crippen LogP contribution in [0.5, 0.6) is 0 Å². The molecule has 3 amide bonds. The number of rotatable bonds is 5. The average Bonchev–Trinajstić information content (AvgIpc) is 3.13. The molecule has 124 valence electrons. The second-order valence-electron chi connectivity index (χ2n) is 5.01. The molecular weight excluding hydrogens is 353 g/mol. The van der Waals surface area contributed by atoms with Crippen molar-refractivity contribution in [2.45, 2.75) is 18.2 Å². The Morgan fingerprint density at radius 3 is 2.71 bits per heavy atom. The highest BCUT2D eigenvalue weighted by Crippen LogP contribution is 2.30. The molecule has 1 aromatic heterocycles. The number of benzene rings is 1. The Kier molecular flexibility index (Phi) is 4.91. The van der Waals surface area contributed by atoms with Crippen LogP contribution in [0.25, 0.3) is 0 Å². The van der Waals surface area contributed by atoms with Gasteiger partial charge >= 0.3 is 0 Å². The van der Waals surface area contributed by atoms with E-state index in [4.69, 9.17) is 0 Å². The maximum Gasteiger partial charge on any atom is 0.289 e. The third-order valence-electron chi connectivity index (χ3n) is 3.31. The summed E-state index contributed by atoms with van der Waals surface area (Å²) in [5, 5.41) is 3.60. The molecule has 3 rings (SSSR count). The number of hydrogen-bond donors (Lipinski definition) is 1. The molecule has 6 nitrogen and oxygen atoms in total. The zero-order valence-corrected chi connectivity index (χ0v) is 13.9. The molecule has 1 N–H and O–H groups in total. The van der Waals surface area contributed by atoms with E-state index in [1.54, 1.807) is 11.6 Å². The van der Waals surface area contributed by atoms with Gasteiger partial charge in [-0.25, -0.2) is 9.37 Å². The van der Waals surface area contributed by atoms with Crippen LogP contribution in [-0.2, 0) is 16.1 Å². The van der Waals surface area contributed by atoms with E-state index in [-0.39, 0.29) is 24.7 Å². The Morgan fingerprint density at radius 1 is 1.29 bits per heavy atom. The normalized spacial score (nSPS) is 17.4. The highest BCUT2D eigenvalue weighted by molar-refractivity contribution is 8.15. The predicted octanol–water partition coefficient (Wildman–Crippen LogP) is 2.88. The molecule has 0 aliphatic carbocycles. The molecule has 1 aliphatic heterocycles. The average molecular weight is 365 g/mol. The quantitative estimate of drug-likeness (QED) is 0.881. The molecule has 0 radical (unpaired) electrons. The summed E-state index contributed by atoms with van der Waals surface area (Å²) < 4.78 is 12.9. The Balaban J connectivity index is 1.61. The number of thiazole rings is 1. The van der Waals surface area contributed by atoms with Gasteiger partial charge in [-0.1, -0.05) is 23.9 Å². The number of thioether (sulfide) groups is 1. The maximum atomic E-state index is 12.9. The number of carbonyl (C=O) groups is 3. The van der Waals surface area contributed by atoms with Crippen LogP contribution in [0.3, 0.4) is 0 Å². The van der Waals surface area contributed by atoms with E-state index < -0.39 is 16.4 Å². The number of nitrogens with zero attached hydrogens (tertiary/aromatic N) is 2. The van der Waals surface area contributed by atoms with Crippen molar-refractivity contribution < 1.29 is 18.8 Å². The smallest absolute Gasteiger partial charge is 0.289 e. The molecule has 9 heteroatoms. The van der Waals surface area contributed by atoms with Gasteiger partial charge in [-0.3, -0.25) is 19.3 Å². The summed E-state index contributed by atoms with van der Waals surface area (Å²) in [6.07, 6.45) is 1.46. The summed E-state index contributed by atoms with van der Waals surface area (Å²) >= 11 is 2.10. The molecule has 24 heavy (non-hydrogen) atoms. The van der Waals surface area contributed by atoms with E-state index in [0.29, 0.717) is 10.7 Å². The van der Waals surface area contributed by atoms with Gasteiger partial charge in [-0.2, -0.15) is 0 Å². The van der Waals surface area contributed by atoms with Gasteiger partial charge in [-0.05, 0) is 17.7 Å². The maximum absolute atomic E-state index is 12.9. The van der Waals surface area contributed by atoms with Crippen molar-refractivity contribution in [3.05, 3.63) is 47.2 Å². The lowest BCUT2D eigenvalue weighted by atomic mass is 10.2. The lowest BCUT2D eigenvalue weighted by Gasteiger charge is -2.13. The van der Waals surface area contributed by atoms with E-state index >= 15 is 0 Å². The first-order valence-corrected chi connectivity index (χ1v) is 8.74. The SMILES string of the molecule is O=C(CC1SC(=O)N(Cc2ccc(F)cc2)C1=O)Nc1nccs1. The first-order chi connectivity index (χ1) is 11.5. The topological polar surface area (TPSA) is 79.4 Å². The highest BCUT2D eigenvalue weighted by Gasteiger charge is 2.40. The van der Waals surface area contributed by atoms with E-state index in [1.807, 2.05) is 0 Å². The first-order valence-electron chi connectivity index (χ1n) is 6.98. The third-order valence-corrected chi connectivity index (χ3v) is 5.07. The molecule has 2 aromatic rings. The van der Waals surface area contributed by atoms with Gasteiger partial charge in [0.15, 0.2) is 5.13 Å². The number of halogens is 1. The van der Waals surface area contributed by atoms with E-state index in [9.17, 15) is 18.8 Å². The van der Waals surface area contributed by atoms with Crippen LogP contribution in [-0.4, -0.2) is 32.2 Å². The summed E-state index contributed by atoms with van der Waals surface area (Å²) in [4.78, 5) is 41.3. The highest BCUT2D eigenvalue weighted by atomic mass is 32.2. The molecule has 1 unspecified atom stereocenters. The summed E-state index contributed by atoms with van der Waals surface area (Å²) in [6, 6.07) is 5.57. The van der Waals surface area contributed by atoms with Crippen molar-refractivity contribution in [3.8, 4) is 0 Å². The molecule has 0 spiro atoms. The van der Waals surface area contributed by atoms with E-state index in [0.717, 1.165) is 16.7 Å². The van der Waals surface area contributed by atoms with Crippen LogP contribution in [0.15, 0.2) is 35.8 Å². The minimum Gasteiger partial charge on any atom is -0.302 e. The zero-order chi connectivity index (χ0) is 17.1. The Hall–Kier alpha value is -2.26. The number of hydrogen-bond acceptors (Lipinski definition) is 6. The number of anilines is 1. The molecule has 0 saturated carbocycles. The number of aromatic nitrogens is 1. The largest absolute Gasteiger partial charge is 0.302 e. The standard InChI is InChI=1S/C15H12FN3O3S2/c16-10-3-1-9(2-4-10)8-19-13(21)11(24-15(19)22)7-12(20)18-14-17-5-6-23-14/h1-6,11H,7-8H2,(H,17,18,20). The lowest BCUT2D eigenvalue weighted by Crippen LogP contribution is -2.32. The van der Waals surface area contributed by atoms with Crippen LogP contribution in [0.1, 0.15) is 12.0 Å². The number of nitrogens with one attached hydrogen (secondary N) is 1. The number of amides is 3. The second-order valence-corrected chi connectivity index (χ2v) is 7.06. The van der Waals surface area contributed by atoms with Crippen LogP contribution >= 0.6 is 23.1 Å². The molecule has 1 saturated heterocycles. The van der Waals surface area contributed by atoms with Crippen molar-refractivity contribution in [2.75, 3.05) is 5.32 Å². The Bertz CT molecular complexity index is 765. The minimum absolute atomic E-state index is 0.0650. The van der Waals surface area contributed by atoms with Gasteiger partial charge in [-0.15, -0.1) is 11.3 Å². The van der Waals surface area contributed by atoms with Crippen LogP contribution in [0, 0.1) is 5.82 Å². The summed E-state index contributed by atoms with van der Waals surface area (Å²) in [5.74, 6) is -1.17. The van der Waals surface area contributed by atoms with Crippen LogP contribution in [0.4, 0.5) is 14.3 Å². The zero-order valence-electron chi connectivity index (χ0n) is 12.3. The molecule has 1 aliphatic rings. The fourth-order valence-electron chi connectivity index (χ4n) is 2.17. The molecule has 0 bridgehead atoms. The molecular formula is C15H12FN3O3S2. The van der Waals surface area contributed by atoms with Gasteiger partial charge < -0.3 is 5.32 Å². The number of carbonyl (C=O) groups excluding carboxylic acids is 3. The Labute approximate surface area is 145 Å². The Morgan fingerprint density at radius 2 is 2.04 bits per heavy atom. The molecule has 1 aromatic carbocycles. The summed E-state index contributed by atoms with van der Waals surface area (Å²) in [7, 11) is 0. The van der Waals surface area contributed by atoms with Crippen LogP contribution < -0.4 is 5.32 Å². The predicted molar refractivity (Wildman–Crippen MR) is 89.1 cm³/mol. The van der Waals surface area contributed by atoms with E-state index in [2.05, 4.69) is 10.3 Å². The van der Waals surface area contributed by atoms with Gasteiger partial charge in [0.25, 0.3) is 5.24 Å². The summed E-state index contributed by atoms with van der Waals surface area (Å²) in [6.45, 7) is 0.0650. The fourth-order valence-corrected chi connectivity index (χ4v) is 3.70. The van der Waals surface area contributed by atoms with Crippen molar-refractivity contribution in [1.82, 2.24) is 9.88 Å². The monoisotopic (exact) mass is 365 g/mol. The van der Waals surface area contributed by atoms with Crippen molar-refractivity contribution in [3.63, 3.8) is 0 Å². The number of imide groups is 1. The van der Waals surface area contributed by atoms with Crippen molar-refractivity contribution in [2.24, 2.45) is 0 Å². The molecule has 2 heterocycles. The third kappa shape index (κ3) is 3.80. The molecule has 1 atom stereocenters. The van der Waals surface area contributed by atoms with E-state index in [1.165, 1.54) is 35.6 Å². The van der Waals surface area contributed by atoms with Gasteiger partial charge in [0.1, 0.15) is 11.1 Å². The van der Waals surface area contributed by atoms with Gasteiger partial charge in [0.05, 0.1) is 6.54 Å². The van der Waals surface area contributed by atoms with Gasteiger partial charge in [0, 0.05) is 18.0 Å². The summed E-state index contributed by atoms with van der Waals surface area (Å²) in [5.41, 5.74) is 0.645. The fraction of sp³-hybridized carbons (Fsp3) is 0.200. The van der Waals surface area contributed by atoms with Gasteiger partial charge in [0.2, 0.25) is 11.8 Å².